The van der Waals surface area contributed by atoms with Gasteiger partial charge in [0.25, 0.3) is 5.91 Å². The van der Waals surface area contributed by atoms with Gasteiger partial charge in [-0.3, -0.25) is 9.59 Å². The number of carbonyl (C=O) groups excluding carboxylic acids is 2. The van der Waals surface area contributed by atoms with Crippen molar-refractivity contribution in [2.45, 2.75) is 31.4 Å². The smallest absolute Gasteiger partial charge is 0.329 e. The maximum atomic E-state index is 13.3. The van der Waals surface area contributed by atoms with Gasteiger partial charge in [0.15, 0.2) is 0 Å². The lowest BCUT2D eigenvalue weighted by molar-refractivity contribution is -0.147. The Balaban J connectivity index is 1.70. The summed E-state index contributed by atoms with van der Waals surface area (Å²) in [7, 11) is 0. The van der Waals surface area contributed by atoms with Crippen LogP contribution in [-0.4, -0.2) is 71.0 Å². The van der Waals surface area contributed by atoms with E-state index < -0.39 is 17.9 Å². The highest BCUT2D eigenvalue weighted by atomic mass is 16.5. The second-order valence-corrected chi connectivity index (χ2v) is 8.03. The second-order valence-electron chi connectivity index (χ2n) is 8.03. The number of hydrogen-bond acceptors (Lipinski definition) is 7. The first kappa shape index (κ1) is 24.7. The van der Waals surface area contributed by atoms with Crippen molar-refractivity contribution >= 4 is 24.0 Å². The predicted molar refractivity (Wildman–Crippen MR) is 124 cm³/mol. The number of carboxylic acids is 1. The number of hydrogen-bond donors (Lipinski definition) is 4. The van der Waals surface area contributed by atoms with E-state index in [1.54, 1.807) is 41.3 Å². The molecule has 1 saturated heterocycles. The van der Waals surface area contributed by atoms with Gasteiger partial charge in [-0.25, -0.2) is 4.79 Å². The van der Waals surface area contributed by atoms with Gasteiger partial charge >= 0.3 is 5.97 Å². The molecule has 0 saturated carbocycles. The number of amides is 2. The summed E-state index contributed by atoms with van der Waals surface area (Å²) in [5.41, 5.74) is 1.91. The first-order valence-electron chi connectivity index (χ1n) is 10.9. The number of phenols is 1. The summed E-state index contributed by atoms with van der Waals surface area (Å²) in [6.07, 6.45) is 2.52. The lowest BCUT2D eigenvalue weighted by Crippen LogP contribution is -2.52. The van der Waals surface area contributed by atoms with Crippen molar-refractivity contribution in [1.29, 1.82) is 0 Å². The molecule has 1 aliphatic heterocycles. The molecule has 1 atom stereocenters. The molecular formula is C24H28N4O6. The summed E-state index contributed by atoms with van der Waals surface area (Å²) in [4.78, 5) is 38.6. The van der Waals surface area contributed by atoms with E-state index >= 15 is 0 Å². The Labute approximate surface area is 197 Å². The average Bonchev–Trinajstić information content (AvgIpc) is 2.84. The van der Waals surface area contributed by atoms with E-state index in [0.29, 0.717) is 31.5 Å². The molecule has 180 valence electrons. The van der Waals surface area contributed by atoms with E-state index in [-0.39, 0.29) is 30.8 Å². The number of hydrazone groups is 1. The molecule has 2 amide bonds. The zero-order valence-corrected chi connectivity index (χ0v) is 18.6. The normalized spacial score (nSPS) is 15.2. The fourth-order valence-electron chi connectivity index (χ4n) is 3.77. The molecule has 1 aliphatic rings. The van der Waals surface area contributed by atoms with Crippen LogP contribution in [0.1, 0.15) is 34.3 Å². The molecule has 0 aromatic heterocycles. The van der Waals surface area contributed by atoms with Crippen LogP contribution in [0.3, 0.4) is 0 Å². The van der Waals surface area contributed by atoms with Crippen molar-refractivity contribution in [2.75, 3.05) is 19.7 Å². The Morgan fingerprint density at radius 3 is 2.35 bits per heavy atom. The zero-order chi connectivity index (χ0) is 24.5. The first-order chi connectivity index (χ1) is 16.4. The third-order valence-electron chi connectivity index (χ3n) is 5.57. The van der Waals surface area contributed by atoms with E-state index in [9.17, 15) is 19.5 Å². The molecule has 0 bridgehead atoms. The number of nitrogens with zero attached hydrogens (tertiary/aromatic N) is 2. The topological polar surface area (TPSA) is 155 Å². The molecule has 34 heavy (non-hydrogen) atoms. The molecule has 2 aromatic rings. The van der Waals surface area contributed by atoms with Gasteiger partial charge in [0, 0.05) is 25.1 Å². The molecule has 10 heteroatoms. The molecule has 0 radical (unpaired) electrons. The molecule has 0 unspecified atom stereocenters. The second kappa shape index (κ2) is 11.8. The molecular weight excluding hydrogens is 440 g/mol. The summed E-state index contributed by atoms with van der Waals surface area (Å²) in [5, 5.41) is 24.6. The highest BCUT2D eigenvalue weighted by Crippen LogP contribution is 2.17. The molecule has 3 rings (SSSR count). The monoisotopic (exact) mass is 468 g/mol. The lowest BCUT2D eigenvalue weighted by atomic mass is 10.0. The number of rotatable bonds is 9. The van der Waals surface area contributed by atoms with E-state index in [2.05, 4.69) is 10.4 Å². The highest BCUT2D eigenvalue weighted by Gasteiger charge is 2.30. The van der Waals surface area contributed by atoms with Gasteiger partial charge < -0.3 is 31.0 Å². The van der Waals surface area contributed by atoms with E-state index in [4.69, 9.17) is 15.7 Å². The molecule has 2 aromatic carbocycles. The molecule has 0 aliphatic carbocycles. The van der Waals surface area contributed by atoms with Gasteiger partial charge in [0.2, 0.25) is 5.91 Å². The van der Waals surface area contributed by atoms with Crippen molar-refractivity contribution in [2.24, 2.45) is 10.9 Å². The highest BCUT2D eigenvalue weighted by molar-refractivity contribution is 5.98. The molecule has 1 fully saturated rings. The third-order valence-corrected chi connectivity index (χ3v) is 5.57. The molecule has 10 nitrogen and oxygen atoms in total. The quantitative estimate of drug-likeness (QED) is 0.244. The number of aliphatic carboxylic acids is 1. The van der Waals surface area contributed by atoms with Crippen LogP contribution in [0.5, 0.6) is 5.75 Å². The Morgan fingerprint density at radius 2 is 1.76 bits per heavy atom. The number of carboxylic acid groups (broad SMARTS) is 1. The van der Waals surface area contributed by atoms with Crippen molar-refractivity contribution in [1.82, 2.24) is 10.2 Å². The van der Waals surface area contributed by atoms with Crippen LogP contribution < -0.4 is 11.2 Å². The number of carbonyl (C=O) groups is 3. The lowest BCUT2D eigenvalue weighted by Gasteiger charge is -2.34. The van der Waals surface area contributed by atoms with Crippen LogP contribution in [-0.2, 0) is 20.7 Å². The Kier molecular flexibility index (Phi) is 8.58. The largest absolute Gasteiger partial charge is 0.508 e. The maximum Gasteiger partial charge on any atom is 0.329 e. The minimum Gasteiger partial charge on any atom is -0.508 e. The van der Waals surface area contributed by atoms with Crippen LogP contribution in [0.4, 0.5) is 0 Å². The molecule has 0 spiro atoms. The van der Waals surface area contributed by atoms with Gasteiger partial charge in [0.1, 0.15) is 18.4 Å². The number of phenolic OH excluding ortho intramolecular Hbond substituents is 1. The van der Waals surface area contributed by atoms with Gasteiger partial charge in [-0.1, -0.05) is 24.3 Å². The van der Waals surface area contributed by atoms with Gasteiger partial charge in [-0.05, 0) is 48.2 Å². The van der Waals surface area contributed by atoms with Crippen LogP contribution >= 0.6 is 0 Å². The Morgan fingerprint density at radius 1 is 1.12 bits per heavy atom. The number of benzene rings is 2. The predicted octanol–water partition coefficient (Wildman–Crippen LogP) is 1.12. The maximum absolute atomic E-state index is 13.3. The third kappa shape index (κ3) is 7.04. The van der Waals surface area contributed by atoms with Crippen molar-refractivity contribution in [3.05, 3.63) is 65.2 Å². The number of nitrogens with two attached hydrogens (primary N) is 1. The van der Waals surface area contributed by atoms with Crippen LogP contribution in [0.2, 0.25) is 0 Å². The Bertz CT molecular complexity index is 1010. The zero-order valence-electron chi connectivity index (χ0n) is 18.6. The van der Waals surface area contributed by atoms with Crippen molar-refractivity contribution in [3.63, 3.8) is 0 Å². The molecule has 5 N–H and O–H groups in total. The fourth-order valence-corrected chi connectivity index (χ4v) is 3.77. The molecule has 1 heterocycles. The van der Waals surface area contributed by atoms with Crippen LogP contribution in [0.15, 0.2) is 53.6 Å². The minimum atomic E-state index is -1.03. The van der Waals surface area contributed by atoms with Crippen molar-refractivity contribution < 1.29 is 29.3 Å². The van der Waals surface area contributed by atoms with E-state index in [0.717, 1.165) is 11.1 Å². The van der Waals surface area contributed by atoms with Gasteiger partial charge in [-0.15, -0.1) is 0 Å². The number of ether oxygens (including phenoxy) is 1. The van der Waals surface area contributed by atoms with E-state index in [1.807, 2.05) is 0 Å². The summed E-state index contributed by atoms with van der Waals surface area (Å²) >= 11 is 0. The summed E-state index contributed by atoms with van der Waals surface area (Å²) in [6.45, 7) is 0.435. The fraction of sp³-hybridized carbons (Fsp3) is 0.333. The summed E-state index contributed by atoms with van der Waals surface area (Å²) in [6, 6.07) is 12.3. The van der Waals surface area contributed by atoms with Crippen LogP contribution in [0, 0.1) is 0 Å². The van der Waals surface area contributed by atoms with E-state index in [1.165, 1.54) is 18.3 Å². The summed E-state index contributed by atoms with van der Waals surface area (Å²) < 4.78 is 5.34. The Hall–Kier alpha value is -3.92. The number of piperidine rings is 1. The number of likely N-dealkylation sites (tertiary alicyclic amines) is 1. The first-order valence-corrected chi connectivity index (χ1v) is 10.9. The summed E-state index contributed by atoms with van der Waals surface area (Å²) in [5.74, 6) is 3.60. The number of nitrogens with one attached hydrogen (secondary N) is 1. The van der Waals surface area contributed by atoms with Gasteiger partial charge in [0.05, 0.1) is 12.3 Å². The average molecular weight is 469 g/mol. The number of aromatic hydroxyl groups is 1. The van der Waals surface area contributed by atoms with Crippen molar-refractivity contribution in [3.8, 4) is 5.75 Å². The van der Waals surface area contributed by atoms with Gasteiger partial charge in [-0.2, -0.15) is 5.10 Å². The SMILES string of the molecule is NN=Cc1ccc(C(=O)N[C@@H](Cc2ccc(O)cc2)C(=O)N2CCC(OCC(=O)O)CC2)cc1. The standard InChI is InChI=1S/C24H28N4O6/c25-26-14-17-1-5-18(6-2-17)23(32)27-21(13-16-3-7-19(29)8-4-16)24(33)28-11-9-20(10-12-28)34-15-22(30)31/h1-8,14,20-21,29H,9-13,15,25H2,(H,27,32)(H,30,31)/t21-/m0/s1. The van der Waals surface area contributed by atoms with Crippen LogP contribution in [0.25, 0.3) is 0 Å². The minimum absolute atomic E-state index is 0.111.